The van der Waals surface area contributed by atoms with E-state index < -0.39 is 0 Å². The minimum Gasteiger partial charge on any atom is -0.507 e. The first kappa shape index (κ1) is 14.4. The summed E-state index contributed by atoms with van der Waals surface area (Å²) >= 11 is 3.23. The summed E-state index contributed by atoms with van der Waals surface area (Å²) in [7, 11) is 0. The number of nitrogens with zero attached hydrogens (tertiary/aromatic N) is 1. The number of phenols is 1. The second kappa shape index (κ2) is 5.53. The van der Waals surface area contributed by atoms with E-state index in [1.165, 1.54) is 6.07 Å². The topological polar surface area (TPSA) is 40.5 Å². The summed E-state index contributed by atoms with van der Waals surface area (Å²) in [6.45, 7) is 6.04. The first-order valence-corrected chi connectivity index (χ1v) is 7.58. The normalized spacial score (nSPS) is 17.7. The largest absolute Gasteiger partial charge is 0.507 e. The Morgan fingerprint density at radius 3 is 2.63 bits per heavy atom. The van der Waals surface area contributed by atoms with Crippen LogP contribution in [-0.2, 0) is 0 Å². The summed E-state index contributed by atoms with van der Waals surface area (Å²) < 4.78 is 0.613. The summed E-state index contributed by atoms with van der Waals surface area (Å²) in [6.07, 6.45) is 3.30. The molecule has 1 aliphatic rings. The van der Waals surface area contributed by atoms with E-state index in [2.05, 4.69) is 29.8 Å². The van der Waals surface area contributed by atoms with Gasteiger partial charge >= 0.3 is 0 Å². The molecule has 1 amide bonds. The highest BCUT2D eigenvalue weighted by atomic mass is 79.9. The number of rotatable bonds is 3. The van der Waals surface area contributed by atoms with Crippen molar-refractivity contribution < 1.29 is 9.90 Å². The van der Waals surface area contributed by atoms with Gasteiger partial charge in [-0.3, -0.25) is 4.79 Å². The Morgan fingerprint density at radius 1 is 1.42 bits per heavy atom. The molecule has 0 aliphatic carbocycles. The van der Waals surface area contributed by atoms with Gasteiger partial charge in [0.05, 0.1) is 4.47 Å². The van der Waals surface area contributed by atoms with Crippen LogP contribution in [0.1, 0.15) is 43.5 Å². The number of hydrogen-bond donors (Lipinski definition) is 1. The van der Waals surface area contributed by atoms with E-state index in [1.54, 1.807) is 12.1 Å². The highest BCUT2D eigenvalue weighted by Gasteiger charge is 2.37. The molecule has 104 valence electrons. The number of benzene rings is 1. The Hall–Kier alpha value is -1.03. The van der Waals surface area contributed by atoms with Crippen molar-refractivity contribution in [2.24, 2.45) is 5.41 Å². The van der Waals surface area contributed by atoms with Gasteiger partial charge in [0.25, 0.3) is 5.91 Å². The fourth-order valence-electron chi connectivity index (χ4n) is 2.76. The number of halogens is 1. The lowest BCUT2D eigenvalue weighted by atomic mass is 9.82. The van der Waals surface area contributed by atoms with Crippen LogP contribution in [0.3, 0.4) is 0 Å². The van der Waals surface area contributed by atoms with E-state index in [0.29, 0.717) is 10.0 Å². The molecule has 1 aliphatic heterocycles. The maximum atomic E-state index is 12.4. The molecule has 0 spiro atoms. The summed E-state index contributed by atoms with van der Waals surface area (Å²) in [5.41, 5.74) is 0.844. The van der Waals surface area contributed by atoms with Crippen LogP contribution >= 0.6 is 15.9 Å². The van der Waals surface area contributed by atoms with Crippen molar-refractivity contribution in [1.29, 1.82) is 0 Å². The van der Waals surface area contributed by atoms with Gasteiger partial charge in [0.15, 0.2) is 0 Å². The molecule has 2 rings (SSSR count). The third-order valence-electron chi connectivity index (χ3n) is 4.42. The van der Waals surface area contributed by atoms with Crippen molar-refractivity contribution in [3.8, 4) is 5.75 Å². The molecular weight excluding hydrogens is 306 g/mol. The lowest BCUT2D eigenvalue weighted by Crippen LogP contribution is -2.31. The van der Waals surface area contributed by atoms with Crippen molar-refractivity contribution >= 4 is 21.8 Å². The SMILES string of the molecule is CCC1(CC)CCN(C(=O)c2ccc(Br)c(O)c2)C1. The Balaban J connectivity index is 2.15. The molecule has 0 saturated carbocycles. The predicted octanol–water partition coefficient (Wildman–Crippen LogP) is 3.81. The van der Waals surface area contributed by atoms with E-state index in [4.69, 9.17) is 0 Å². The molecule has 0 aromatic heterocycles. The molecule has 3 nitrogen and oxygen atoms in total. The molecular formula is C15H20BrNO2. The van der Waals surface area contributed by atoms with Crippen LogP contribution < -0.4 is 0 Å². The molecule has 0 unspecified atom stereocenters. The minimum atomic E-state index is 0.0200. The molecule has 1 fully saturated rings. The van der Waals surface area contributed by atoms with Crippen LogP contribution in [0.4, 0.5) is 0 Å². The average molecular weight is 326 g/mol. The zero-order valence-electron chi connectivity index (χ0n) is 11.4. The second-order valence-electron chi connectivity index (χ2n) is 5.35. The number of likely N-dealkylation sites (tertiary alicyclic amines) is 1. The molecule has 1 N–H and O–H groups in total. The number of carbonyl (C=O) groups excluding carboxylic acids is 1. The van der Waals surface area contributed by atoms with Gasteiger partial charge in [0.2, 0.25) is 0 Å². The molecule has 1 saturated heterocycles. The van der Waals surface area contributed by atoms with Crippen molar-refractivity contribution in [1.82, 2.24) is 4.90 Å². The van der Waals surface area contributed by atoms with E-state index in [0.717, 1.165) is 32.4 Å². The predicted molar refractivity (Wildman–Crippen MR) is 79.3 cm³/mol. The third kappa shape index (κ3) is 2.78. The first-order valence-electron chi connectivity index (χ1n) is 6.79. The van der Waals surface area contributed by atoms with E-state index in [-0.39, 0.29) is 17.1 Å². The van der Waals surface area contributed by atoms with Gasteiger partial charge in [-0.15, -0.1) is 0 Å². The third-order valence-corrected chi connectivity index (χ3v) is 5.09. The van der Waals surface area contributed by atoms with E-state index in [1.807, 2.05) is 4.90 Å². The van der Waals surface area contributed by atoms with Crippen molar-refractivity contribution in [2.45, 2.75) is 33.1 Å². The summed E-state index contributed by atoms with van der Waals surface area (Å²) in [4.78, 5) is 14.3. The molecule has 1 heterocycles. The standard InChI is InChI=1S/C15H20BrNO2/c1-3-15(4-2)7-8-17(10-15)14(19)11-5-6-12(16)13(18)9-11/h5-6,9,18H,3-4,7-8,10H2,1-2H3. The number of carbonyl (C=O) groups is 1. The smallest absolute Gasteiger partial charge is 0.254 e. The van der Waals surface area contributed by atoms with Crippen LogP contribution in [0.2, 0.25) is 0 Å². The van der Waals surface area contributed by atoms with Crippen molar-refractivity contribution in [2.75, 3.05) is 13.1 Å². The van der Waals surface area contributed by atoms with Crippen LogP contribution in [0.5, 0.6) is 5.75 Å². The molecule has 0 radical (unpaired) electrons. The maximum absolute atomic E-state index is 12.4. The van der Waals surface area contributed by atoms with Gasteiger partial charge in [-0.05, 0) is 58.8 Å². The highest BCUT2D eigenvalue weighted by molar-refractivity contribution is 9.10. The number of aromatic hydroxyl groups is 1. The van der Waals surface area contributed by atoms with Gasteiger partial charge in [0.1, 0.15) is 5.75 Å². The lowest BCUT2D eigenvalue weighted by molar-refractivity contribution is 0.0769. The van der Waals surface area contributed by atoms with Gasteiger partial charge in [-0.1, -0.05) is 13.8 Å². The van der Waals surface area contributed by atoms with Crippen molar-refractivity contribution in [3.05, 3.63) is 28.2 Å². The van der Waals surface area contributed by atoms with Crippen LogP contribution in [0.15, 0.2) is 22.7 Å². The molecule has 4 heteroatoms. The maximum Gasteiger partial charge on any atom is 0.254 e. The fraction of sp³-hybridized carbons (Fsp3) is 0.533. The Bertz CT molecular complexity index is 483. The fourth-order valence-corrected chi connectivity index (χ4v) is 3.01. The van der Waals surface area contributed by atoms with E-state index >= 15 is 0 Å². The van der Waals surface area contributed by atoms with Gasteiger partial charge < -0.3 is 10.0 Å². The number of phenolic OH excluding ortho intramolecular Hbond substituents is 1. The molecule has 19 heavy (non-hydrogen) atoms. The number of amides is 1. The van der Waals surface area contributed by atoms with Gasteiger partial charge in [-0.2, -0.15) is 0 Å². The Morgan fingerprint density at radius 2 is 2.11 bits per heavy atom. The molecule has 0 bridgehead atoms. The molecule has 1 aromatic carbocycles. The van der Waals surface area contributed by atoms with Gasteiger partial charge in [-0.25, -0.2) is 0 Å². The summed E-state index contributed by atoms with van der Waals surface area (Å²) in [6, 6.07) is 5.00. The van der Waals surface area contributed by atoms with Crippen LogP contribution in [0.25, 0.3) is 0 Å². The average Bonchev–Trinajstić information content (AvgIpc) is 2.86. The quantitative estimate of drug-likeness (QED) is 0.918. The zero-order chi connectivity index (χ0) is 14.0. The van der Waals surface area contributed by atoms with E-state index in [9.17, 15) is 9.90 Å². The first-order chi connectivity index (χ1) is 9.01. The minimum absolute atomic E-state index is 0.0200. The lowest BCUT2D eigenvalue weighted by Gasteiger charge is -2.26. The zero-order valence-corrected chi connectivity index (χ0v) is 13.0. The van der Waals surface area contributed by atoms with Crippen LogP contribution in [0, 0.1) is 5.41 Å². The summed E-state index contributed by atoms with van der Waals surface area (Å²) in [5, 5.41) is 9.67. The van der Waals surface area contributed by atoms with Gasteiger partial charge in [0, 0.05) is 18.7 Å². The second-order valence-corrected chi connectivity index (χ2v) is 6.20. The highest BCUT2D eigenvalue weighted by Crippen LogP contribution is 2.37. The Labute approximate surface area is 122 Å². The van der Waals surface area contributed by atoms with Crippen molar-refractivity contribution in [3.63, 3.8) is 0 Å². The molecule has 0 atom stereocenters. The monoisotopic (exact) mass is 325 g/mol. The van der Waals surface area contributed by atoms with Crippen LogP contribution in [-0.4, -0.2) is 29.0 Å². The Kier molecular flexibility index (Phi) is 4.19. The number of hydrogen-bond acceptors (Lipinski definition) is 2. The summed E-state index contributed by atoms with van der Waals surface area (Å²) in [5.74, 6) is 0.133. The molecule has 1 aromatic rings.